The van der Waals surface area contributed by atoms with E-state index in [1.165, 1.54) is 0 Å². The van der Waals surface area contributed by atoms with Crippen molar-refractivity contribution in [3.8, 4) is 5.75 Å². The SMILES string of the molecule is CCCOc1cccc(C(=O)N(CCBr)CCOC)c1. The van der Waals surface area contributed by atoms with E-state index in [9.17, 15) is 4.79 Å². The fourth-order valence-corrected chi connectivity index (χ4v) is 2.17. The first-order valence-corrected chi connectivity index (χ1v) is 7.92. The number of hydrogen-bond acceptors (Lipinski definition) is 3. The highest BCUT2D eigenvalue weighted by Gasteiger charge is 2.15. The quantitative estimate of drug-likeness (QED) is 0.647. The molecule has 5 heteroatoms. The van der Waals surface area contributed by atoms with E-state index < -0.39 is 0 Å². The van der Waals surface area contributed by atoms with Gasteiger partial charge in [-0.1, -0.05) is 28.9 Å². The molecule has 0 spiro atoms. The Labute approximate surface area is 129 Å². The Hall–Kier alpha value is -1.07. The van der Waals surface area contributed by atoms with Gasteiger partial charge in [0.05, 0.1) is 13.2 Å². The molecular weight excluding hydrogens is 322 g/mol. The summed E-state index contributed by atoms with van der Waals surface area (Å²) in [6.07, 6.45) is 0.946. The van der Waals surface area contributed by atoms with Crippen LogP contribution in [0, 0.1) is 0 Å². The molecule has 0 heterocycles. The van der Waals surface area contributed by atoms with Crippen LogP contribution < -0.4 is 4.74 Å². The summed E-state index contributed by atoms with van der Waals surface area (Å²) in [7, 11) is 1.63. The molecule has 0 atom stereocenters. The van der Waals surface area contributed by atoms with Crippen molar-refractivity contribution in [1.29, 1.82) is 0 Å². The average Bonchev–Trinajstić information content (AvgIpc) is 2.49. The van der Waals surface area contributed by atoms with Crippen LogP contribution in [0.2, 0.25) is 0 Å². The molecule has 0 N–H and O–H groups in total. The van der Waals surface area contributed by atoms with Gasteiger partial charge in [0, 0.05) is 31.1 Å². The monoisotopic (exact) mass is 343 g/mol. The van der Waals surface area contributed by atoms with Gasteiger partial charge in [-0.15, -0.1) is 0 Å². The first-order chi connectivity index (χ1) is 9.72. The summed E-state index contributed by atoms with van der Waals surface area (Å²) in [4.78, 5) is 14.2. The molecule has 0 saturated heterocycles. The third-order valence-corrected chi connectivity index (χ3v) is 3.12. The van der Waals surface area contributed by atoms with Crippen molar-refractivity contribution in [3.05, 3.63) is 29.8 Å². The minimum absolute atomic E-state index is 0.00319. The number of nitrogens with zero attached hydrogens (tertiary/aromatic N) is 1. The van der Waals surface area contributed by atoms with Crippen LogP contribution in [0.5, 0.6) is 5.75 Å². The fourth-order valence-electron chi connectivity index (χ4n) is 1.74. The Bertz CT molecular complexity index is 412. The van der Waals surface area contributed by atoms with Gasteiger partial charge in [-0.25, -0.2) is 0 Å². The highest BCUT2D eigenvalue weighted by atomic mass is 79.9. The molecule has 0 aliphatic heterocycles. The normalized spacial score (nSPS) is 10.3. The molecule has 4 nitrogen and oxygen atoms in total. The average molecular weight is 344 g/mol. The summed E-state index contributed by atoms with van der Waals surface area (Å²) >= 11 is 3.37. The predicted octanol–water partition coefficient (Wildman–Crippen LogP) is 2.96. The first-order valence-electron chi connectivity index (χ1n) is 6.80. The van der Waals surface area contributed by atoms with Crippen LogP contribution in [-0.2, 0) is 4.74 Å². The van der Waals surface area contributed by atoms with Gasteiger partial charge in [0.15, 0.2) is 0 Å². The molecule has 0 bridgehead atoms. The molecule has 112 valence electrons. The van der Waals surface area contributed by atoms with Crippen LogP contribution in [0.4, 0.5) is 0 Å². The van der Waals surface area contributed by atoms with E-state index in [0.717, 1.165) is 17.5 Å². The third-order valence-electron chi connectivity index (χ3n) is 2.76. The van der Waals surface area contributed by atoms with Gasteiger partial charge in [0.1, 0.15) is 5.75 Å². The Morgan fingerprint density at radius 1 is 1.30 bits per heavy atom. The Kier molecular flexibility index (Phi) is 8.30. The molecule has 20 heavy (non-hydrogen) atoms. The molecule has 0 aromatic heterocycles. The number of carbonyl (C=O) groups excluding carboxylic acids is 1. The third kappa shape index (κ3) is 5.51. The van der Waals surface area contributed by atoms with E-state index in [4.69, 9.17) is 9.47 Å². The predicted molar refractivity (Wildman–Crippen MR) is 83.8 cm³/mol. The molecule has 1 amide bonds. The zero-order valence-electron chi connectivity index (χ0n) is 12.1. The molecule has 1 aromatic carbocycles. The minimum Gasteiger partial charge on any atom is -0.494 e. The molecule has 0 unspecified atom stereocenters. The lowest BCUT2D eigenvalue weighted by molar-refractivity contribution is 0.0708. The summed E-state index contributed by atoms with van der Waals surface area (Å²) in [5.41, 5.74) is 0.649. The number of hydrogen-bond donors (Lipinski definition) is 0. The standard InChI is InChI=1S/C15H22BrNO3/c1-3-10-20-14-6-4-5-13(12-14)15(18)17(8-7-16)9-11-19-2/h4-6,12H,3,7-11H2,1-2H3. The topological polar surface area (TPSA) is 38.8 Å². The van der Waals surface area contributed by atoms with Crippen molar-refractivity contribution in [1.82, 2.24) is 4.90 Å². The molecule has 0 saturated carbocycles. The van der Waals surface area contributed by atoms with E-state index >= 15 is 0 Å². The lowest BCUT2D eigenvalue weighted by atomic mass is 10.2. The number of methoxy groups -OCH3 is 1. The van der Waals surface area contributed by atoms with Crippen molar-refractivity contribution in [2.45, 2.75) is 13.3 Å². The largest absolute Gasteiger partial charge is 0.494 e. The number of rotatable bonds is 9. The molecule has 0 aliphatic carbocycles. The van der Waals surface area contributed by atoms with Gasteiger partial charge in [-0.3, -0.25) is 4.79 Å². The van der Waals surface area contributed by atoms with Crippen LogP contribution in [0.15, 0.2) is 24.3 Å². The molecule has 1 aromatic rings. The van der Waals surface area contributed by atoms with Gasteiger partial charge in [-0.05, 0) is 24.6 Å². The van der Waals surface area contributed by atoms with Gasteiger partial charge in [0.25, 0.3) is 5.91 Å². The maximum absolute atomic E-state index is 12.5. The molecule has 0 aliphatic rings. The van der Waals surface area contributed by atoms with Crippen molar-refractivity contribution in [3.63, 3.8) is 0 Å². The van der Waals surface area contributed by atoms with Gasteiger partial charge < -0.3 is 14.4 Å². The maximum atomic E-state index is 12.5. The first kappa shape index (κ1) is 17.0. The second-order valence-electron chi connectivity index (χ2n) is 4.35. The summed E-state index contributed by atoms with van der Waals surface area (Å²) in [6, 6.07) is 7.33. The van der Waals surface area contributed by atoms with E-state index in [2.05, 4.69) is 22.9 Å². The maximum Gasteiger partial charge on any atom is 0.254 e. The zero-order valence-corrected chi connectivity index (χ0v) is 13.7. The fraction of sp³-hybridized carbons (Fsp3) is 0.533. The van der Waals surface area contributed by atoms with Gasteiger partial charge in [-0.2, -0.15) is 0 Å². The van der Waals surface area contributed by atoms with Crippen LogP contribution in [0.1, 0.15) is 23.7 Å². The Balaban J connectivity index is 2.76. The van der Waals surface area contributed by atoms with Crippen LogP contribution in [-0.4, -0.2) is 49.6 Å². The lowest BCUT2D eigenvalue weighted by Crippen LogP contribution is -2.35. The van der Waals surface area contributed by atoms with Gasteiger partial charge >= 0.3 is 0 Å². The number of benzene rings is 1. The Morgan fingerprint density at radius 2 is 2.10 bits per heavy atom. The van der Waals surface area contributed by atoms with Crippen molar-refractivity contribution >= 4 is 21.8 Å². The van der Waals surface area contributed by atoms with E-state index in [0.29, 0.717) is 31.9 Å². The number of carbonyl (C=O) groups is 1. The van der Waals surface area contributed by atoms with Crippen LogP contribution in [0.3, 0.4) is 0 Å². The smallest absolute Gasteiger partial charge is 0.254 e. The summed E-state index contributed by atoms with van der Waals surface area (Å²) < 4.78 is 10.6. The second kappa shape index (κ2) is 9.77. The highest BCUT2D eigenvalue weighted by molar-refractivity contribution is 9.09. The minimum atomic E-state index is 0.00319. The van der Waals surface area contributed by atoms with Gasteiger partial charge in [0.2, 0.25) is 0 Å². The summed E-state index contributed by atoms with van der Waals surface area (Å²) in [6.45, 7) is 4.48. The van der Waals surface area contributed by atoms with Crippen LogP contribution in [0.25, 0.3) is 0 Å². The number of amides is 1. The lowest BCUT2D eigenvalue weighted by Gasteiger charge is -2.21. The van der Waals surface area contributed by atoms with E-state index in [-0.39, 0.29) is 5.91 Å². The highest BCUT2D eigenvalue weighted by Crippen LogP contribution is 2.15. The number of halogens is 1. The van der Waals surface area contributed by atoms with Crippen LogP contribution >= 0.6 is 15.9 Å². The molecular formula is C15H22BrNO3. The van der Waals surface area contributed by atoms with Crippen molar-refractivity contribution in [2.75, 3.05) is 38.7 Å². The van der Waals surface area contributed by atoms with Crippen molar-refractivity contribution < 1.29 is 14.3 Å². The van der Waals surface area contributed by atoms with E-state index in [1.807, 2.05) is 18.2 Å². The van der Waals surface area contributed by atoms with E-state index in [1.54, 1.807) is 18.1 Å². The molecule has 0 fully saturated rings. The molecule has 1 rings (SSSR count). The number of alkyl halides is 1. The second-order valence-corrected chi connectivity index (χ2v) is 5.14. The Morgan fingerprint density at radius 3 is 2.75 bits per heavy atom. The number of ether oxygens (including phenoxy) is 2. The summed E-state index contributed by atoms with van der Waals surface area (Å²) in [5.74, 6) is 0.742. The molecule has 0 radical (unpaired) electrons. The van der Waals surface area contributed by atoms with Crippen molar-refractivity contribution in [2.24, 2.45) is 0 Å². The summed E-state index contributed by atoms with van der Waals surface area (Å²) in [5, 5.41) is 0.745. The zero-order chi connectivity index (χ0) is 14.8.